The molecular weight excluding hydrogens is 1270 g/mol. The van der Waals surface area contributed by atoms with Gasteiger partial charge < -0.3 is 54.0 Å². The Bertz CT molecular complexity index is 3420. The van der Waals surface area contributed by atoms with Gasteiger partial charge in [-0.05, 0) is 302 Å². The van der Waals surface area contributed by atoms with Gasteiger partial charge in [-0.3, -0.25) is 14.4 Å². The van der Waals surface area contributed by atoms with E-state index in [0.29, 0.717) is 53.3 Å². The zero-order valence-electron chi connectivity index (χ0n) is 62.0. The lowest BCUT2D eigenvalue weighted by atomic mass is 9.43. The van der Waals surface area contributed by atoms with E-state index in [1.807, 2.05) is 32.0 Å². The number of esters is 2. The maximum absolute atomic E-state index is 12.3. The number of rotatable bonds is 8. The molecule has 15 rings (SSSR count). The predicted octanol–water partition coefficient (Wildman–Crippen LogP) is 14.6. The van der Waals surface area contributed by atoms with E-state index in [1.165, 1.54) is 24.6 Å². The number of aliphatic carboxylic acids is 1. The number of fused-ring (bicyclic) bond motifs is 15. The number of hydrogen-bond donors (Lipinski definition) is 6. The van der Waals surface area contributed by atoms with Gasteiger partial charge in [-0.2, -0.15) is 0 Å². The van der Waals surface area contributed by atoms with Crippen molar-refractivity contribution < 1.29 is 62.6 Å². The maximum atomic E-state index is 12.3. The predicted molar refractivity (Wildman–Crippen MR) is 379 cm³/mol. The summed E-state index contributed by atoms with van der Waals surface area (Å²) in [4.78, 5) is 68.3. The SMILES string of the molecule is CC(C)C(=O)O.CC(C)C(=O)O[C@H]1CC[C@@]2(C)[C@H](CC[C@@H]3[C@@H]2CC[C@]2(C)[C@@H](c4ccc(=O)oc4)CC[C@]32O)C1.C[C@@H](N)C(=O)O[C@H]1CC[C@@]2(C)[C@H](CC[C@@H]3[C@@H]2CC[C@]2(C)[C@@H](c4ccc(=O)oc4)CC[C@]32O)C1.C[C@]12CC[C@H](O)C[C@H]1CC[C@@H]1[C@@H]2CC[C@]2(C)[C@@H](c3ccc(=O)oc3)CC[C@]12O. The first-order valence-corrected chi connectivity index (χ1v) is 39.1. The van der Waals surface area contributed by atoms with Crippen LogP contribution in [0, 0.1) is 97.6 Å². The third-order valence-corrected chi connectivity index (χ3v) is 31.7. The summed E-state index contributed by atoms with van der Waals surface area (Å²) in [7, 11) is 0. The van der Waals surface area contributed by atoms with Crippen molar-refractivity contribution in [1.29, 1.82) is 0 Å². The Morgan fingerprint density at radius 1 is 0.420 bits per heavy atom. The topological polar surface area (TPSA) is 287 Å². The lowest BCUT2D eigenvalue weighted by Crippen LogP contribution is -2.62. The number of hydrogen-bond acceptors (Lipinski definition) is 16. The second kappa shape index (κ2) is 27.8. The van der Waals surface area contributed by atoms with Gasteiger partial charge >= 0.3 is 34.8 Å². The van der Waals surface area contributed by atoms with Crippen molar-refractivity contribution in [2.75, 3.05) is 0 Å². The highest BCUT2D eigenvalue weighted by Gasteiger charge is 2.71. The first-order chi connectivity index (χ1) is 47.1. The number of nitrogens with two attached hydrogens (primary N) is 1. The smallest absolute Gasteiger partial charge is 0.335 e. The highest BCUT2D eigenvalue weighted by atomic mass is 16.5. The van der Waals surface area contributed by atoms with Gasteiger partial charge in [-0.15, -0.1) is 0 Å². The average Bonchev–Trinajstić information content (AvgIpc) is 1.43. The molecule has 12 aliphatic carbocycles. The van der Waals surface area contributed by atoms with Gasteiger partial charge in [0, 0.05) is 34.4 Å². The number of aliphatic hydroxyl groups excluding tert-OH is 1. The molecule has 3 aromatic heterocycles. The van der Waals surface area contributed by atoms with Gasteiger partial charge in [0.25, 0.3) is 0 Å². The number of ether oxygens (including phenoxy) is 2. The van der Waals surface area contributed by atoms with Crippen molar-refractivity contribution in [3.05, 3.63) is 103 Å². The second-order valence-corrected chi connectivity index (χ2v) is 36.6. The Morgan fingerprint density at radius 3 is 1.04 bits per heavy atom. The monoisotopic (exact) mass is 1390 g/mol. The van der Waals surface area contributed by atoms with E-state index < -0.39 is 28.8 Å². The van der Waals surface area contributed by atoms with E-state index in [9.17, 15) is 49.2 Å². The molecule has 12 aliphatic rings. The van der Waals surface area contributed by atoms with Crippen LogP contribution in [0.25, 0.3) is 0 Å². The van der Waals surface area contributed by atoms with Crippen molar-refractivity contribution in [2.24, 2.45) is 103 Å². The Hall–Kier alpha value is -4.94. The van der Waals surface area contributed by atoms with Crippen molar-refractivity contribution in [1.82, 2.24) is 0 Å². The number of carboxylic acids is 1. The van der Waals surface area contributed by atoms with E-state index in [0.717, 1.165) is 184 Å². The van der Waals surface area contributed by atoms with E-state index in [2.05, 4.69) is 41.5 Å². The normalized spacial score (nSPS) is 44.4. The summed E-state index contributed by atoms with van der Waals surface area (Å²) in [5.41, 5.74) is 6.00. The molecule has 3 aromatic rings. The van der Waals surface area contributed by atoms with Gasteiger partial charge in [0.05, 0.1) is 53.5 Å². The molecule has 12 saturated carbocycles. The molecule has 0 amide bonds. The lowest BCUT2D eigenvalue weighted by Gasteiger charge is -2.63. The summed E-state index contributed by atoms with van der Waals surface area (Å²) in [6, 6.07) is 9.65. The highest BCUT2D eigenvalue weighted by Crippen LogP contribution is 2.74. The molecule has 17 nitrogen and oxygen atoms in total. The number of carbonyl (C=O) groups excluding carboxylic acids is 2. The molecule has 0 aliphatic heterocycles. The Balaban J connectivity index is 0.000000137. The third-order valence-electron chi connectivity index (χ3n) is 31.7. The van der Waals surface area contributed by atoms with Crippen LogP contribution in [0.4, 0.5) is 0 Å². The van der Waals surface area contributed by atoms with Gasteiger partial charge in [-0.25, -0.2) is 14.4 Å². The molecule has 0 bridgehead atoms. The molecule has 25 atom stereocenters. The molecule has 3 heterocycles. The minimum atomic E-state index is -0.741. The van der Waals surface area contributed by atoms with E-state index in [4.69, 9.17) is 33.6 Å². The van der Waals surface area contributed by atoms with Crippen LogP contribution in [0.3, 0.4) is 0 Å². The van der Waals surface area contributed by atoms with Crippen molar-refractivity contribution in [2.45, 2.75) is 308 Å². The summed E-state index contributed by atoms with van der Waals surface area (Å²) in [5.74, 6) is 3.48. The highest BCUT2D eigenvalue weighted by molar-refractivity contribution is 5.75. The summed E-state index contributed by atoms with van der Waals surface area (Å²) >= 11 is 0. The van der Waals surface area contributed by atoms with Gasteiger partial charge in [0.1, 0.15) is 18.2 Å². The van der Waals surface area contributed by atoms with Crippen LogP contribution in [0.5, 0.6) is 0 Å². The summed E-state index contributed by atoms with van der Waals surface area (Å²) in [6.45, 7) is 22.9. The van der Waals surface area contributed by atoms with E-state index >= 15 is 0 Å². The molecule has 100 heavy (non-hydrogen) atoms. The van der Waals surface area contributed by atoms with Crippen molar-refractivity contribution >= 4 is 17.9 Å². The number of aliphatic hydroxyl groups is 4. The second-order valence-electron chi connectivity index (χ2n) is 36.6. The summed E-state index contributed by atoms with van der Waals surface area (Å²) in [5, 5.41) is 55.0. The molecule has 554 valence electrons. The Kier molecular flexibility index (Phi) is 20.8. The quantitative estimate of drug-likeness (QED) is 0.114. The molecule has 7 N–H and O–H groups in total. The molecule has 0 spiro atoms. The van der Waals surface area contributed by atoms with E-state index in [1.54, 1.807) is 39.6 Å². The van der Waals surface area contributed by atoms with E-state index in [-0.39, 0.29) is 109 Å². The molecule has 12 fully saturated rings. The molecule has 0 unspecified atom stereocenters. The van der Waals surface area contributed by atoms with Gasteiger partial charge in [0.15, 0.2) is 0 Å². The minimum absolute atomic E-state index is 0.0290. The molecule has 0 radical (unpaired) electrons. The van der Waals surface area contributed by atoms with Crippen LogP contribution < -0.4 is 22.6 Å². The summed E-state index contributed by atoms with van der Waals surface area (Å²) < 4.78 is 27.1. The standard InChI is InChI=1S/C28H40O5.C27H39NO5.C24H34O4.C4H8O2/c1-17(2)25(30)33-20-9-12-26(3)19(15-20)6-7-23-22(26)10-13-27(4)21(11-14-28(23,27)31)18-5-8-24(29)32-16-18;1-16(28)24(30)33-19-8-11-25(2)18(14-19)5-6-22-21(25)9-12-26(3)20(10-13-27(22,26)31)17-4-7-23(29)32-15-17;1-22-10-7-17(25)13-16(22)4-5-20-19(22)8-11-23(2)18(9-12-24(20,23)27)15-3-6-21(26)28-14-15;1-3(2)4(5)6/h5,8,16-17,19-23,31H,6-7,9-15H2,1-4H3;4,7,15-16,18-22,31H,5-6,8-14,28H2,1-3H3;3,6,14,16-20,25,27H,4-5,7-13H2,1-2H3;3H,1-2H3,(H,5,6)/t19-,20+,21-,22+,23-,26+,27-,28+;16-,18-,19+,20-,21+,22-,25+,26-,27+;16-,17+,18-,19+,20-,22+,23-,24+;/m111./s1. The van der Waals surface area contributed by atoms with Crippen LogP contribution in [0.2, 0.25) is 0 Å². The first kappa shape index (κ1) is 74.8. The average molecular weight is 1390 g/mol. The Labute approximate surface area is 592 Å². The van der Waals surface area contributed by atoms with Crippen molar-refractivity contribution in [3.63, 3.8) is 0 Å². The zero-order chi connectivity index (χ0) is 72.1. The minimum Gasteiger partial charge on any atom is -0.481 e. The zero-order valence-corrected chi connectivity index (χ0v) is 62.0. The van der Waals surface area contributed by atoms with Crippen LogP contribution in [-0.4, -0.2) is 84.6 Å². The van der Waals surface area contributed by atoms with Gasteiger partial charge in [-0.1, -0.05) is 69.2 Å². The fraction of sp³-hybridized carbons (Fsp3) is 0.783. The number of carbonyl (C=O) groups is 3. The van der Waals surface area contributed by atoms with Crippen LogP contribution >= 0.6 is 0 Å². The van der Waals surface area contributed by atoms with Crippen molar-refractivity contribution in [3.8, 4) is 0 Å². The Morgan fingerprint density at radius 2 is 0.740 bits per heavy atom. The third kappa shape index (κ3) is 12.7. The molecule has 0 aromatic carbocycles. The number of carboxylic acid groups (broad SMARTS) is 1. The first-order valence-electron chi connectivity index (χ1n) is 39.1. The fourth-order valence-corrected chi connectivity index (χ4v) is 25.7. The van der Waals surface area contributed by atoms with Crippen LogP contribution in [0.15, 0.2) is 82.8 Å². The molecule has 0 saturated heterocycles. The largest absolute Gasteiger partial charge is 0.481 e. The maximum Gasteiger partial charge on any atom is 0.335 e. The molecular formula is C83H121NO16. The lowest BCUT2D eigenvalue weighted by molar-refractivity contribution is -0.208. The molecule has 17 heteroatoms. The summed E-state index contributed by atoms with van der Waals surface area (Å²) in [6.07, 6.45) is 31.8. The van der Waals surface area contributed by atoms with Crippen LogP contribution in [-0.2, 0) is 23.9 Å². The fourth-order valence-electron chi connectivity index (χ4n) is 25.7. The van der Waals surface area contributed by atoms with Gasteiger partial charge in [0.2, 0.25) is 0 Å². The van der Waals surface area contributed by atoms with Crippen LogP contribution in [0.1, 0.15) is 284 Å².